The molecule has 2 aliphatic heterocycles. The van der Waals surface area contributed by atoms with E-state index in [1.165, 1.54) is 5.56 Å². The van der Waals surface area contributed by atoms with Crippen LogP contribution >= 0.6 is 0 Å². The van der Waals surface area contributed by atoms with Gasteiger partial charge >= 0.3 is 0 Å². The number of benzene rings is 3. The van der Waals surface area contributed by atoms with Crippen molar-refractivity contribution in [3.05, 3.63) is 108 Å². The van der Waals surface area contributed by atoms with Gasteiger partial charge in [-0.15, -0.1) is 0 Å². The smallest absolute Gasteiger partial charge is 0.180 e. The van der Waals surface area contributed by atoms with E-state index < -0.39 is 5.92 Å². The topological polar surface area (TPSA) is 65.7 Å². The van der Waals surface area contributed by atoms with Gasteiger partial charge in [-0.05, 0) is 73.5 Å². The lowest BCUT2D eigenvalue weighted by Gasteiger charge is -2.33. The van der Waals surface area contributed by atoms with Gasteiger partial charge < -0.3 is 4.74 Å². The van der Waals surface area contributed by atoms with Crippen molar-refractivity contribution in [2.24, 2.45) is 16.8 Å². The van der Waals surface area contributed by atoms with E-state index in [9.17, 15) is 10.1 Å². The van der Waals surface area contributed by atoms with Crippen LogP contribution in [0.2, 0.25) is 0 Å². The minimum absolute atomic E-state index is 0.177. The van der Waals surface area contributed by atoms with Gasteiger partial charge in [0.05, 0.1) is 11.8 Å². The summed E-state index contributed by atoms with van der Waals surface area (Å²) in [5.74, 6) is 0.616. The second-order valence-corrected chi connectivity index (χ2v) is 9.01. The Labute approximate surface area is 206 Å². The maximum absolute atomic E-state index is 12.9. The van der Waals surface area contributed by atoms with Crippen LogP contribution < -0.4 is 4.74 Å². The van der Waals surface area contributed by atoms with Crippen molar-refractivity contribution < 1.29 is 9.53 Å². The highest BCUT2D eigenvalue weighted by Crippen LogP contribution is 2.31. The van der Waals surface area contributed by atoms with Crippen LogP contribution in [0.25, 0.3) is 0 Å². The van der Waals surface area contributed by atoms with Crippen LogP contribution in [0.3, 0.4) is 0 Å². The highest BCUT2D eigenvalue weighted by molar-refractivity contribution is 6.20. The Morgan fingerprint density at radius 3 is 2.17 bits per heavy atom. The summed E-state index contributed by atoms with van der Waals surface area (Å²) in [4.78, 5) is 20.2. The van der Waals surface area contributed by atoms with Gasteiger partial charge in [-0.2, -0.15) is 5.26 Å². The van der Waals surface area contributed by atoms with Crippen molar-refractivity contribution in [2.75, 3.05) is 13.1 Å². The van der Waals surface area contributed by atoms with Gasteiger partial charge in [-0.1, -0.05) is 48.5 Å². The first-order chi connectivity index (χ1) is 17.2. The van der Waals surface area contributed by atoms with Gasteiger partial charge in [0.15, 0.2) is 11.7 Å². The van der Waals surface area contributed by atoms with E-state index in [0.717, 1.165) is 49.5 Å². The van der Waals surface area contributed by atoms with Crippen LogP contribution in [0.5, 0.6) is 11.5 Å². The molecule has 0 spiro atoms. The Balaban J connectivity index is 1.29. The second-order valence-electron chi connectivity index (χ2n) is 9.01. The molecule has 1 unspecified atom stereocenters. The Hall–Kier alpha value is -4.01. The molecule has 5 heteroatoms. The van der Waals surface area contributed by atoms with Crippen molar-refractivity contribution in [3.8, 4) is 17.6 Å². The van der Waals surface area contributed by atoms with Gasteiger partial charge in [0, 0.05) is 24.2 Å². The van der Waals surface area contributed by atoms with Crippen LogP contribution in [-0.4, -0.2) is 29.5 Å². The molecule has 1 atom stereocenters. The lowest BCUT2D eigenvalue weighted by Crippen LogP contribution is -2.35. The number of hydrogen-bond donors (Lipinski definition) is 0. The summed E-state index contributed by atoms with van der Waals surface area (Å²) in [7, 11) is 0. The Bertz CT molecular complexity index is 1270. The maximum Gasteiger partial charge on any atom is 0.180 e. The van der Waals surface area contributed by atoms with E-state index in [4.69, 9.17) is 9.73 Å². The number of ketones is 1. The molecule has 0 radical (unpaired) electrons. The first-order valence-corrected chi connectivity index (χ1v) is 12.0. The number of likely N-dealkylation sites (tertiary alicyclic amines) is 1. The van der Waals surface area contributed by atoms with Crippen molar-refractivity contribution in [1.82, 2.24) is 4.90 Å². The zero-order valence-corrected chi connectivity index (χ0v) is 19.5. The van der Waals surface area contributed by atoms with Gasteiger partial charge in [-0.25, -0.2) is 0 Å². The van der Waals surface area contributed by atoms with Crippen LogP contribution in [0, 0.1) is 23.2 Å². The highest BCUT2D eigenvalue weighted by atomic mass is 16.5. The molecule has 0 aromatic heterocycles. The third-order valence-electron chi connectivity index (χ3n) is 6.61. The largest absolute Gasteiger partial charge is 0.457 e. The number of nitrogens with zero attached hydrogens (tertiary/aromatic N) is 3. The molecule has 1 saturated heterocycles. The minimum atomic E-state index is -0.877. The number of aliphatic imine (C=N–C) groups is 1. The molecule has 5 rings (SSSR count). The van der Waals surface area contributed by atoms with Crippen molar-refractivity contribution in [3.63, 3.8) is 0 Å². The summed E-state index contributed by atoms with van der Waals surface area (Å²) in [5, 5.41) is 9.70. The van der Waals surface area contributed by atoms with E-state index in [0.29, 0.717) is 11.5 Å². The zero-order chi connectivity index (χ0) is 24.0. The third kappa shape index (κ3) is 5.40. The second kappa shape index (κ2) is 10.5. The summed E-state index contributed by atoms with van der Waals surface area (Å²) in [6.45, 7) is 2.86. The first-order valence-electron chi connectivity index (χ1n) is 12.0. The fourth-order valence-corrected chi connectivity index (χ4v) is 4.71. The lowest BCUT2D eigenvalue weighted by molar-refractivity contribution is -0.115. The minimum Gasteiger partial charge on any atom is -0.457 e. The Morgan fingerprint density at radius 1 is 0.886 bits per heavy atom. The summed E-state index contributed by atoms with van der Waals surface area (Å²) in [6.07, 6.45) is 3.50. The molecule has 5 nitrogen and oxygen atoms in total. The van der Waals surface area contributed by atoms with E-state index in [-0.39, 0.29) is 11.7 Å². The fraction of sp³-hybridized carbons (Fsp3) is 0.233. The third-order valence-corrected chi connectivity index (χ3v) is 6.61. The average molecular weight is 462 g/mol. The van der Waals surface area contributed by atoms with E-state index in [1.54, 1.807) is 6.08 Å². The molecular weight excluding hydrogens is 434 g/mol. The van der Waals surface area contributed by atoms with Crippen LogP contribution in [-0.2, 0) is 11.3 Å². The molecular formula is C30H27N3O2. The number of allylic oxidation sites excluding steroid dienone is 2. The molecule has 0 aliphatic carbocycles. The molecule has 2 heterocycles. The first kappa shape index (κ1) is 22.8. The fourth-order valence-electron chi connectivity index (χ4n) is 4.71. The summed E-state index contributed by atoms with van der Waals surface area (Å²) in [5.41, 5.74) is 3.43. The predicted molar refractivity (Wildman–Crippen MR) is 136 cm³/mol. The molecule has 1 fully saturated rings. The molecule has 0 saturated carbocycles. The van der Waals surface area contributed by atoms with Crippen molar-refractivity contribution >= 4 is 11.5 Å². The lowest BCUT2D eigenvalue weighted by atomic mass is 9.86. The van der Waals surface area contributed by atoms with Gasteiger partial charge in [0.2, 0.25) is 0 Å². The van der Waals surface area contributed by atoms with E-state index >= 15 is 0 Å². The number of carbonyl (C=O) groups excluding carboxylic acids is 1. The number of ether oxygens (including phenoxy) is 1. The molecule has 35 heavy (non-hydrogen) atoms. The normalized spacial score (nSPS) is 18.9. The Kier molecular flexibility index (Phi) is 6.83. The van der Waals surface area contributed by atoms with Gasteiger partial charge in [0.1, 0.15) is 11.5 Å². The van der Waals surface area contributed by atoms with E-state index in [2.05, 4.69) is 35.2 Å². The van der Waals surface area contributed by atoms with Gasteiger partial charge in [0.25, 0.3) is 0 Å². The zero-order valence-electron chi connectivity index (χ0n) is 19.5. The van der Waals surface area contributed by atoms with Crippen LogP contribution in [0.15, 0.2) is 102 Å². The molecule has 3 aromatic carbocycles. The molecule has 0 N–H and O–H groups in total. The van der Waals surface area contributed by atoms with E-state index in [1.807, 2.05) is 60.7 Å². The summed E-state index contributed by atoms with van der Waals surface area (Å²) < 4.78 is 5.88. The molecule has 3 aromatic rings. The highest BCUT2D eigenvalue weighted by Gasteiger charge is 2.32. The average Bonchev–Trinajstić information content (AvgIpc) is 2.90. The standard InChI is InChI=1S/C30H27N3O2/c31-20-27-29(34)19-28(23-15-17-33(18-16-23)21-22-7-3-1-4-8-22)32-30(27)24-11-13-26(14-12-24)35-25-9-5-2-6-10-25/h1-14,19,23,27H,15-18,21H2. The van der Waals surface area contributed by atoms with Gasteiger partial charge in [-0.3, -0.25) is 14.7 Å². The number of para-hydroxylation sites is 1. The maximum atomic E-state index is 12.9. The molecule has 174 valence electrons. The molecule has 0 bridgehead atoms. The monoisotopic (exact) mass is 461 g/mol. The van der Waals surface area contributed by atoms with Crippen molar-refractivity contribution in [2.45, 2.75) is 19.4 Å². The summed E-state index contributed by atoms with van der Waals surface area (Å²) in [6, 6.07) is 29.7. The van der Waals surface area contributed by atoms with Crippen molar-refractivity contribution in [1.29, 1.82) is 5.26 Å². The molecule has 0 amide bonds. The predicted octanol–water partition coefficient (Wildman–Crippen LogP) is 5.79. The number of rotatable bonds is 6. The molecule has 2 aliphatic rings. The van der Waals surface area contributed by atoms with Crippen LogP contribution in [0.4, 0.5) is 0 Å². The number of hydrogen-bond acceptors (Lipinski definition) is 5. The Morgan fingerprint density at radius 2 is 1.51 bits per heavy atom. The number of carbonyl (C=O) groups is 1. The number of nitriles is 1. The SMILES string of the molecule is N#CC1C(=O)C=C(C2CCN(Cc3ccccc3)CC2)N=C1c1ccc(Oc2ccccc2)cc1. The quantitative estimate of drug-likeness (QED) is 0.466. The summed E-state index contributed by atoms with van der Waals surface area (Å²) >= 11 is 0. The number of piperidine rings is 1. The van der Waals surface area contributed by atoms with Crippen LogP contribution in [0.1, 0.15) is 24.0 Å².